The van der Waals surface area contributed by atoms with Crippen LogP contribution >= 0.6 is 0 Å². The standard InChI is InChI=1S/C14H25NO4/c1-5-7-9-15(10-8-6-2)12(14(17)19-4)11-13(16)18-3/h11H,5-10H2,1-4H3/b12-11+. The van der Waals surface area contributed by atoms with E-state index in [1.54, 1.807) is 0 Å². The summed E-state index contributed by atoms with van der Waals surface area (Å²) in [6, 6.07) is 0. The Morgan fingerprint density at radius 1 is 1.00 bits per heavy atom. The number of methoxy groups -OCH3 is 2. The molecule has 0 unspecified atom stereocenters. The van der Waals surface area contributed by atoms with Crippen LogP contribution in [0.3, 0.4) is 0 Å². The van der Waals surface area contributed by atoms with Crippen molar-refractivity contribution in [2.75, 3.05) is 27.3 Å². The normalized spacial score (nSPS) is 11.1. The van der Waals surface area contributed by atoms with Crippen LogP contribution < -0.4 is 0 Å². The molecular weight excluding hydrogens is 246 g/mol. The fourth-order valence-electron chi connectivity index (χ4n) is 1.61. The number of carbonyl (C=O) groups is 2. The highest BCUT2D eigenvalue weighted by atomic mass is 16.5. The van der Waals surface area contributed by atoms with E-state index in [0.717, 1.165) is 38.8 Å². The molecule has 0 aliphatic heterocycles. The summed E-state index contributed by atoms with van der Waals surface area (Å²) in [6.45, 7) is 5.63. The summed E-state index contributed by atoms with van der Waals surface area (Å²) >= 11 is 0. The van der Waals surface area contributed by atoms with Gasteiger partial charge in [-0.15, -0.1) is 0 Å². The Morgan fingerprint density at radius 2 is 1.53 bits per heavy atom. The minimum atomic E-state index is -0.543. The minimum absolute atomic E-state index is 0.274. The first kappa shape index (κ1) is 17.5. The molecule has 0 heterocycles. The molecule has 5 nitrogen and oxygen atoms in total. The number of nitrogens with zero attached hydrogens (tertiary/aromatic N) is 1. The lowest BCUT2D eigenvalue weighted by Crippen LogP contribution is -2.31. The van der Waals surface area contributed by atoms with E-state index in [9.17, 15) is 9.59 Å². The summed E-state index contributed by atoms with van der Waals surface area (Å²) in [5, 5.41) is 0. The van der Waals surface area contributed by atoms with Gasteiger partial charge in [-0.2, -0.15) is 0 Å². The maximum atomic E-state index is 11.8. The topological polar surface area (TPSA) is 55.8 Å². The zero-order chi connectivity index (χ0) is 14.7. The molecule has 0 rings (SSSR count). The monoisotopic (exact) mass is 271 g/mol. The zero-order valence-electron chi connectivity index (χ0n) is 12.4. The van der Waals surface area contributed by atoms with E-state index < -0.39 is 11.9 Å². The van der Waals surface area contributed by atoms with Gasteiger partial charge >= 0.3 is 11.9 Å². The molecule has 0 atom stereocenters. The molecule has 0 aliphatic carbocycles. The van der Waals surface area contributed by atoms with Crippen LogP contribution in [-0.2, 0) is 19.1 Å². The van der Waals surface area contributed by atoms with Crippen LogP contribution in [0, 0.1) is 0 Å². The number of carbonyl (C=O) groups excluding carboxylic acids is 2. The molecule has 0 aromatic heterocycles. The molecule has 5 heteroatoms. The molecule has 19 heavy (non-hydrogen) atoms. The van der Waals surface area contributed by atoms with Gasteiger partial charge in [0, 0.05) is 13.1 Å². The SMILES string of the molecule is CCCCN(CCCC)/C(=C/C(=O)OC)C(=O)OC. The van der Waals surface area contributed by atoms with E-state index >= 15 is 0 Å². The number of ether oxygens (including phenoxy) is 2. The van der Waals surface area contributed by atoms with Crippen LogP contribution in [0.1, 0.15) is 39.5 Å². The highest BCUT2D eigenvalue weighted by Crippen LogP contribution is 2.11. The Bertz CT molecular complexity index is 305. The largest absolute Gasteiger partial charge is 0.466 e. The lowest BCUT2D eigenvalue weighted by molar-refractivity contribution is -0.140. The summed E-state index contributed by atoms with van der Waals surface area (Å²) < 4.78 is 9.33. The Hall–Kier alpha value is -1.52. The quantitative estimate of drug-likeness (QED) is 0.475. The Balaban J connectivity index is 5.04. The van der Waals surface area contributed by atoms with Gasteiger partial charge in [0.25, 0.3) is 0 Å². The lowest BCUT2D eigenvalue weighted by atomic mass is 10.2. The summed E-state index contributed by atoms with van der Waals surface area (Å²) in [5.41, 5.74) is 0.274. The van der Waals surface area contributed by atoms with Gasteiger partial charge in [0.15, 0.2) is 0 Å². The predicted molar refractivity (Wildman–Crippen MR) is 73.5 cm³/mol. The van der Waals surface area contributed by atoms with Crippen molar-refractivity contribution in [1.29, 1.82) is 0 Å². The first-order valence-electron chi connectivity index (χ1n) is 6.73. The molecular formula is C14H25NO4. The number of hydrogen-bond acceptors (Lipinski definition) is 5. The van der Waals surface area contributed by atoms with E-state index in [-0.39, 0.29) is 5.70 Å². The second-order valence-electron chi connectivity index (χ2n) is 4.24. The third-order valence-electron chi connectivity index (χ3n) is 2.75. The highest BCUT2D eigenvalue weighted by molar-refractivity contribution is 5.95. The van der Waals surface area contributed by atoms with Crippen LogP contribution in [0.4, 0.5) is 0 Å². The third kappa shape index (κ3) is 6.84. The van der Waals surface area contributed by atoms with E-state index in [0.29, 0.717) is 0 Å². The van der Waals surface area contributed by atoms with Crippen LogP contribution in [0.15, 0.2) is 11.8 Å². The number of unbranched alkanes of at least 4 members (excludes halogenated alkanes) is 2. The first-order valence-corrected chi connectivity index (χ1v) is 6.73. The van der Waals surface area contributed by atoms with Gasteiger partial charge in [-0.1, -0.05) is 26.7 Å². The molecule has 0 aromatic carbocycles. The maximum Gasteiger partial charge on any atom is 0.354 e. The summed E-state index contributed by atoms with van der Waals surface area (Å²) in [6.07, 6.45) is 5.17. The van der Waals surface area contributed by atoms with Gasteiger partial charge in [-0.3, -0.25) is 0 Å². The molecule has 0 radical (unpaired) electrons. The summed E-state index contributed by atoms with van der Waals surface area (Å²) in [5.74, 6) is -1.05. The second kappa shape index (κ2) is 10.4. The van der Waals surface area contributed by atoms with Crippen molar-refractivity contribution in [3.05, 3.63) is 11.8 Å². The van der Waals surface area contributed by atoms with Crippen molar-refractivity contribution in [3.8, 4) is 0 Å². The van der Waals surface area contributed by atoms with Gasteiger partial charge in [0.05, 0.1) is 20.3 Å². The highest BCUT2D eigenvalue weighted by Gasteiger charge is 2.19. The fourth-order valence-corrected chi connectivity index (χ4v) is 1.61. The van der Waals surface area contributed by atoms with Crippen molar-refractivity contribution in [3.63, 3.8) is 0 Å². The molecule has 0 fully saturated rings. The van der Waals surface area contributed by atoms with Crippen LogP contribution in [0.2, 0.25) is 0 Å². The molecule has 0 amide bonds. The average molecular weight is 271 g/mol. The van der Waals surface area contributed by atoms with Gasteiger partial charge in [0.2, 0.25) is 0 Å². The zero-order valence-corrected chi connectivity index (χ0v) is 12.4. The van der Waals surface area contributed by atoms with E-state index in [1.165, 1.54) is 20.3 Å². The van der Waals surface area contributed by atoms with Crippen molar-refractivity contribution in [1.82, 2.24) is 4.90 Å². The van der Waals surface area contributed by atoms with Gasteiger partial charge in [-0.25, -0.2) is 9.59 Å². The number of hydrogen-bond donors (Lipinski definition) is 0. The van der Waals surface area contributed by atoms with Crippen molar-refractivity contribution in [2.45, 2.75) is 39.5 Å². The Labute approximate surface area is 115 Å². The summed E-state index contributed by atoms with van der Waals surface area (Å²) in [7, 11) is 2.60. The Kier molecular flexibility index (Phi) is 9.57. The minimum Gasteiger partial charge on any atom is -0.466 e. The molecule has 0 saturated carbocycles. The van der Waals surface area contributed by atoms with Gasteiger partial charge in [0.1, 0.15) is 5.70 Å². The van der Waals surface area contributed by atoms with E-state index in [4.69, 9.17) is 4.74 Å². The number of rotatable bonds is 9. The predicted octanol–water partition coefficient (Wildman–Crippen LogP) is 2.12. The van der Waals surface area contributed by atoms with Crippen molar-refractivity contribution in [2.24, 2.45) is 0 Å². The average Bonchev–Trinajstić information content (AvgIpc) is 2.44. The lowest BCUT2D eigenvalue weighted by Gasteiger charge is -2.25. The van der Waals surface area contributed by atoms with Crippen molar-refractivity contribution < 1.29 is 19.1 Å². The first-order chi connectivity index (χ1) is 9.10. The molecule has 0 aromatic rings. The molecule has 0 spiro atoms. The van der Waals surface area contributed by atoms with E-state index in [2.05, 4.69) is 18.6 Å². The van der Waals surface area contributed by atoms with Crippen LogP contribution in [-0.4, -0.2) is 44.1 Å². The molecule has 110 valence electrons. The van der Waals surface area contributed by atoms with Gasteiger partial charge < -0.3 is 14.4 Å². The second-order valence-corrected chi connectivity index (χ2v) is 4.24. The fraction of sp³-hybridized carbons (Fsp3) is 0.714. The third-order valence-corrected chi connectivity index (χ3v) is 2.75. The molecule has 0 saturated heterocycles. The van der Waals surface area contributed by atoms with E-state index in [1.807, 2.05) is 4.90 Å². The molecule has 0 N–H and O–H groups in total. The molecule has 0 aliphatic rings. The molecule has 0 bridgehead atoms. The van der Waals surface area contributed by atoms with Gasteiger partial charge in [-0.05, 0) is 12.8 Å². The Morgan fingerprint density at radius 3 is 1.89 bits per heavy atom. The van der Waals surface area contributed by atoms with Crippen molar-refractivity contribution >= 4 is 11.9 Å². The number of esters is 2. The van der Waals surface area contributed by atoms with Crippen LogP contribution in [0.5, 0.6) is 0 Å². The smallest absolute Gasteiger partial charge is 0.354 e. The van der Waals surface area contributed by atoms with Crippen LogP contribution in [0.25, 0.3) is 0 Å². The summed E-state index contributed by atoms with van der Waals surface area (Å²) in [4.78, 5) is 25.1. The maximum absolute atomic E-state index is 11.8.